The number of rotatable bonds is 9. The molecule has 0 aromatic heterocycles. The molecule has 5 nitrogen and oxygen atoms in total. The molecule has 0 fully saturated rings. The standard InChI is InChI=1S/C17H29N3O2/c1-5-21-11-7-10-19-17(18-4)20-13-15(3)22-16-9-6-8-14(2)12-16/h6,8-9,12,15H,5,7,10-11,13H2,1-4H3,(H2,18,19,20). The number of nitrogens with one attached hydrogen (secondary N) is 2. The Kier molecular flexibility index (Phi) is 9.07. The van der Waals surface area contributed by atoms with Crippen molar-refractivity contribution in [1.29, 1.82) is 0 Å². The molecule has 124 valence electrons. The summed E-state index contributed by atoms with van der Waals surface area (Å²) in [5, 5.41) is 6.53. The second-order valence-corrected chi connectivity index (χ2v) is 5.18. The van der Waals surface area contributed by atoms with Gasteiger partial charge in [-0.05, 0) is 44.9 Å². The van der Waals surface area contributed by atoms with E-state index in [0.29, 0.717) is 6.54 Å². The molecule has 1 atom stereocenters. The minimum Gasteiger partial charge on any atom is -0.489 e. The summed E-state index contributed by atoms with van der Waals surface area (Å²) in [5.41, 5.74) is 1.20. The highest BCUT2D eigenvalue weighted by Crippen LogP contribution is 2.13. The van der Waals surface area contributed by atoms with Crippen LogP contribution in [0.1, 0.15) is 25.8 Å². The van der Waals surface area contributed by atoms with E-state index >= 15 is 0 Å². The number of hydrogen-bond donors (Lipinski definition) is 2. The Labute approximate surface area is 134 Å². The smallest absolute Gasteiger partial charge is 0.191 e. The fourth-order valence-corrected chi connectivity index (χ4v) is 1.95. The Bertz CT molecular complexity index is 449. The Hall–Kier alpha value is -1.75. The lowest BCUT2D eigenvalue weighted by molar-refractivity contribution is 0.145. The van der Waals surface area contributed by atoms with Crippen molar-refractivity contribution in [1.82, 2.24) is 10.6 Å². The van der Waals surface area contributed by atoms with Crippen LogP contribution in [0.25, 0.3) is 0 Å². The molecular formula is C17H29N3O2. The normalized spacial score (nSPS) is 12.8. The molecule has 0 saturated heterocycles. The zero-order valence-electron chi connectivity index (χ0n) is 14.2. The van der Waals surface area contributed by atoms with Gasteiger partial charge in [0, 0.05) is 26.8 Å². The molecule has 0 aliphatic heterocycles. The van der Waals surface area contributed by atoms with Gasteiger partial charge in [0.25, 0.3) is 0 Å². The number of aliphatic imine (C=N–C) groups is 1. The van der Waals surface area contributed by atoms with Gasteiger partial charge in [-0.3, -0.25) is 4.99 Å². The number of hydrogen-bond acceptors (Lipinski definition) is 3. The first-order chi connectivity index (χ1) is 10.7. The summed E-state index contributed by atoms with van der Waals surface area (Å²) in [6, 6.07) is 8.08. The summed E-state index contributed by atoms with van der Waals surface area (Å²) < 4.78 is 11.2. The molecule has 2 N–H and O–H groups in total. The summed E-state index contributed by atoms with van der Waals surface area (Å²) in [5.74, 6) is 1.69. The van der Waals surface area contributed by atoms with Crippen molar-refractivity contribution < 1.29 is 9.47 Å². The van der Waals surface area contributed by atoms with Crippen LogP contribution in [-0.4, -0.2) is 45.4 Å². The fourth-order valence-electron chi connectivity index (χ4n) is 1.95. The minimum atomic E-state index is 0.0591. The molecule has 0 saturated carbocycles. The number of ether oxygens (including phenoxy) is 2. The minimum absolute atomic E-state index is 0.0591. The van der Waals surface area contributed by atoms with Gasteiger partial charge in [-0.2, -0.15) is 0 Å². The van der Waals surface area contributed by atoms with E-state index in [-0.39, 0.29) is 6.10 Å². The molecule has 0 aliphatic carbocycles. The molecule has 5 heteroatoms. The van der Waals surface area contributed by atoms with Crippen LogP contribution < -0.4 is 15.4 Å². The predicted molar refractivity (Wildman–Crippen MR) is 91.7 cm³/mol. The molecule has 0 heterocycles. The van der Waals surface area contributed by atoms with Crippen molar-refractivity contribution in [2.45, 2.75) is 33.3 Å². The number of guanidine groups is 1. The van der Waals surface area contributed by atoms with E-state index < -0.39 is 0 Å². The predicted octanol–water partition coefficient (Wildman–Crippen LogP) is 2.35. The van der Waals surface area contributed by atoms with Crippen molar-refractivity contribution in [2.24, 2.45) is 4.99 Å². The SMILES string of the molecule is CCOCCCNC(=NC)NCC(C)Oc1cccc(C)c1. The van der Waals surface area contributed by atoms with E-state index in [1.807, 2.05) is 32.0 Å². The topological polar surface area (TPSA) is 54.9 Å². The summed E-state index contributed by atoms with van der Waals surface area (Å²) in [6.07, 6.45) is 1.02. The van der Waals surface area contributed by atoms with Crippen LogP contribution in [0.5, 0.6) is 5.75 Å². The number of aryl methyl sites for hydroxylation is 1. The lowest BCUT2D eigenvalue weighted by Gasteiger charge is -2.18. The van der Waals surface area contributed by atoms with Gasteiger partial charge in [0.05, 0.1) is 6.54 Å². The van der Waals surface area contributed by atoms with Crippen molar-refractivity contribution >= 4 is 5.96 Å². The third kappa shape index (κ3) is 7.88. The lowest BCUT2D eigenvalue weighted by Crippen LogP contribution is -2.42. The molecule has 0 aliphatic rings. The molecule has 0 spiro atoms. The van der Waals surface area contributed by atoms with Crippen LogP contribution in [0.4, 0.5) is 0 Å². The van der Waals surface area contributed by atoms with Crippen LogP contribution in [0.2, 0.25) is 0 Å². The van der Waals surface area contributed by atoms with Gasteiger partial charge in [-0.1, -0.05) is 12.1 Å². The average molecular weight is 307 g/mol. The van der Waals surface area contributed by atoms with E-state index in [1.54, 1.807) is 7.05 Å². The first-order valence-corrected chi connectivity index (χ1v) is 7.91. The van der Waals surface area contributed by atoms with Gasteiger partial charge in [0.1, 0.15) is 11.9 Å². The van der Waals surface area contributed by atoms with Crippen molar-refractivity contribution in [3.8, 4) is 5.75 Å². The van der Waals surface area contributed by atoms with Crippen LogP contribution in [0.15, 0.2) is 29.3 Å². The van der Waals surface area contributed by atoms with E-state index in [9.17, 15) is 0 Å². The first kappa shape index (κ1) is 18.3. The maximum absolute atomic E-state index is 5.88. The van der Waals surface area contributed by atoms with Gasteiger partial charge in [0.2, 0.25) is 0 Å². The third-order valence-corrected chi connectivity index (χ3v) is 3.07. The number of benzene rings is 1. The highest BCUT2D eigenvalue weighted by molar-refractivity contribution is 5.79. The maximum Gasteiger partial charge on any atom is 0.191 e. The van der Waals surface area contributed by atoms with Gasteiger partial charge in [-0.25, -0.2) is 0 Å². The summed E-state index contributed by atoms with van der Waals surface area (Å²) >= 11 is 0. The summed E-state index contributed by atoms with van der Waals surface area (Å²) in [7, 11) is 1.77. The molecule has 0 radical (unpaired) electrons. The Balaban J connectivity index is 2.24. The lowest BCUT2D eigenvalue weighted by atomic mass is 10.2. The molecule has 0 bridgehead atoms. The molecule has 1 unspecified atom stereocenters. The first-order valence-electron chi connectivity index (χ1n) is 7.91. The van der Waals surface area contributed by atoms with Gasteiger partial charge >= 0.3 is 0 Å². The Morgan fingerprint density at radius 2 is 2.14 bits per heavy atom. The average Bonchev–Trinajstić information content (AvgIpc) is 2.50. The number of nitrogens with zero attached hydrogens (tertiary/aromatic N) is 1. The fraction of sp³-hybridized carbons (Fsp3) is 0.588. The zero-order chi connectivity index (χ0) is 16.2. The second-order valence-electron chi connectivity index (χ2n) is 5.18. The van der Waals surface area contributed by atoms with Gasteiger partial charge in [-0.15, -0.1) is 0 Å². The van der Waals surface area contributed by atoms with Crippen molar-refractivity contribution in [3.63, 3.8) is 0 Å². The van der Waals surface area contributed by atoms with Crippen molar-refractivity contribution in [2.75, 3.05) is 33.4 Å². The van der Waals surface area contributed by atoms with Crippen LogP contribution in [-0.2, 0) is 4.74 Å². The van der Waals surface area contributed by atoms with Gasteiger partial charge in [0.15, 0.2) is 5.96 Å². The monoisotopic (exact) mass is 307 g/mol. The van der Waals surface area contributed by atoms with Crippen LogP contribution in [0.3, 0.4) is 0 Å². The highest BCUT2D eigenvalue weighted by atomic mass is 16.5. The molecule has 22 heavy (non-hydrogen) atoms. The zero-order valence-corrected chi connectivity index (χ0v) is 14.2. The molecule has 1 aromatic carbocycles. The molecule has 1 aromatic rings. The third-order valence-electron chi connectivity index (χ3n) is 3.07. The molecular weight excluding hydrogens is 278 g/mol. The largest absolute Gasteiger partial charge is 0.489 e. The van der Waals surface area contributed by atoms with Gasteiger partial charge < -0.3 is 20.1 Å². The van der Waals surface area contributed by atoms with E-state index in [2.05, 4.69) is 28.6 Å². The van der Waals surface area contributed by atoms with E-state index in [0.717, 1.165) is 37.9 Å². The van der Waals surface area contributed by atoms with Crippen LogP contribution in [0, 0.1) is 6.92 Å². The maximum atomic E-state index is 5.88. The molecule has 0 amide bonds. The Morgan fingerprint density at radius 3 is 2.82 bits per heavy atom. The summed E-state index contributed by atoms with van der Waals surface area (Å²) in [6.45, 7) is 9.17. The Morgan fingerprint density at radius 1 is 1.32 bits per heavy atom. The van der Waals surface area contributed by atoms with E-state index in [4.69, 9.17) is 9.47 Å². The molecule has 1 rings (SSSR count). The summed E-state index contributed by atoms with van der Waals surface area (Å²) in [4.78, 5) is 4.20. The van der Waals surface area contributed by atoms with Crippen LogP contribution >= 0.6 is 0 Å². The van der Waals surface area contributed by atoms with Crippen molar-refractivity contribution in [3.05, 3.63) is 29.8 Å². The second kappa shape index (κ2) is 10.9. The van der Waals surface area contributed by atoms with E-state index in [1.165, 1.54) is 5.56 Å². The quantitative estimate of drug-likeness (QED) is 0.418. The highest BCUT2D eigenvalue weighted by Gasteiger charge is 2.05.